The number of piperazine rings is 1. The second-order valence-electron chi connectivity index (χ2n) is 9.16. The smallest absolute Gasteiger partial charge is 0.483 e. The number of fused-ring (bicyclic) bond motifs is 4. The summed E-state index contributed by atoms with van der Waals surface area (Å²) in [5, 5.41) is 20.6. The number of pyridine rings is 1. The Labute approximate surface area is 217 Å². The summed E-state index contributed by atoms with van der Waals surface area (Å²) >= 11 is -2.08. The van der Waals surface area contributed by atoms with Crippen LogP contribution in [0.2, 0.25) is 0 Å². The van der Waals surface area contributed by atoms with Crippen LogP contribution in [0.3, 0.4) is 0 Å². The van der Waals surface area contributed by atoms with Gasteiger partial charge in [-0.1, -0.05) is 16.6 Å². The third-order valence-electron chi connectivity index (χ3n) is 6.93. The molecule has 1 aromatic carbocycles. The minimum Gasteiger partial charge on any atom is -0.483 e. The van der Waals surface area contributed by atoms with Crippen LogP contribution in [0, 0.1) is 22.9 Å². The van der Waals surface area contributed by atoms with Crippen LogP contribution in [0.1, 0.15) is 30.9 Å². The van der Waals surface area contributed by atoms with Gasteiger partial charge in [-0.3, -0.25) is 9.78 Å². The van der Waals surface area contributed by atoms with Crippen molar-refractivity contribution in [2.75, 3.05) is 24.6 Å². The highest BCUT2D eigenvalue weighted by Crippen LogP contribution is 2.35. The van der Waals surface area contributed by atoms with Crippen LogP contribution in [0.25, 0.3) is 22.2 Å². The second-order valence-corrected chi connectivity index (χ2v) is 11.1. The van der Waals surface area contributed by atoms with E-state index >= 15 is 4.39 Å². The van der Waals surface area contributed by atoms with Crippen LogP contribution < -0.4 is 19.4 Å². The van der Waals surface area contributed by atoms with E-state index in [-0.39, 0.29) is 23.7 Å². The van der Waals surface area contributed by atoms with Gasteiger partial charge in [0.2, 0.25) is 0 Å². The fourth-order valence-corrected chi connectivity index (χ4v) is 6.83. The topological polar surface area (TPSA) is 137 Å². The number of hydrogen-bond acceptors (Lipinski definition) is 9. The van der Waals surface area contributed by atoms with Crippen molar-refractivity contribution >= 4 is 48.2 Å². The summed E-state index contributed by atoms with van der Waals surface area (Å²) in [6.45, 7) is 5.53. The lowest BCUT2D eigenvalue weighted by molar-refractivity contribution is -0.122. The van der Waals surface area contributed by atoms with Gasteiger partial charge in [0.05, 0.1) is 12.0 Å². The highest BCUT2D eigenvalue weighted by molar-refractivity contribution is 6.82. The van der Waals surface area contributed by atoms with E-state index in [1.807, 2.05) is 26.0 Å². The Morgan fingerprint density at radius 2 is 2.05 bits per heavy atom. The molecule has 3 aliphatic rings. The molecule has 6 rings (SSSR count). The van der Waals surface area contributed by atoms with Gasteiger partial charge in [0, 0.05) is 36.9 Å². The molecule has 12 heteroatoms. The Morgan fingerprint density at radius 1 is 1.32 bits per heavy atom. The first-order valence-corrected chi connectivity index (χ1v) is 13.8. The molecular weight excluding hydrogens is 492 g/mol. The maximum atomic E-state index is 16.2. The summed E-state index contributed by atoms with van der Waals surface area (Å²) in [6.07, 6.45) is 5.64. The van der Waals surface area contributed by atoms with E-state index in [0.29, 0.717) is 35.5 Å². The molecule has 0 aliphatic carbocycles. The quantitative estimate of drug-likeness (QED) is 0.393. The first-order chi connectivity index (χ1) is 18.0. The van der Waals surface area contributed by atoms with Crippen LogP contribution >= 0.6 is 0 Å². The number of aromatic nitrogens is 3. The number of carboxylic acid groups (broad SMARTS) is 1. The first kappa shape index (κ1) is 25.0. The predicted octanol–water partition coefficient (Wildman–Crippen LogP) is 1.87. The molecule has 37 heavy (non-hydrogen) atoms. The molecule has 0 amide bonds. The number of nitriles is 1. The molecule has 0 saturated carbocycles. The Morgan fingerprint density at radius 3 is 2.73 bits per heavy atom. The van der Waals surface area contributed by atoms with E-state index in [1.54, 1.807) is 12.4 Å². The standard InChI is InChI=1S/C23H23FN6O.CN.CH2O2.Al/c1-3-31-23-28-20-17(22(29-23)30-11-15-7-8-16(12-30)27-15)10-26-21(19(20)24)18-13(2)5-4-6-14(18)9-25;1-2;2-1-3;/h4-5,9-10,15-16,27H,3,7-8,11-12H2,1-2H3;;1H,(H,2,3);/q-1;;;+1. The van der Waals surface area contributed by atoms with Gasteiger partial charge in [0.15, 0.2) is 5.82 Å². The molecular formula is C25H25AlFN7O3. The molecule has 0 spiro atoms. The molecule has 3 aromatic rings. The molecule has 3 aliphatic heterocycles. The van der Waals surface area contributed by atoms with Crippen molar-refractivity contribution in [2.24, 2.45) is 3.98 Å². The van der Waals surface area contributed by atoms with E-state index in [1.165, 1.54) is 0 Å². The summed E-state index contributed by atoms with van der Waals surface area (Å²) in [6, 6.07) is 4.83. The molecule has 2 fully saturated rings. The number of benzene rings is 1. The van der Waals surface area contributed by atoms with Gasteiger partial charge in [-0.25, -0.2) is 9.65 Å². The van der Waals surface area contributed by atoms with Crippen LogP contribution in [-0.2, 0) is 4.79 Å². The summed E-state index contributed by atoms with van der Waals surface area (Å²) in [4.78, 5) is 26.6. The SMILES string of the molecule is CCOc1nc(N2CC3CCC(C2)N3)c2cnc(-c3c(C)cc[c]4c3C=[N][Al]4[C]#N)c(F)c2n1.O=CO. The third kappa shape index (κ3) is 4.51. The average Bonchev–Trinajstić information content (AvgIpc) is 3.47. The Balaban J connectivity index is 0.000000892. The number of ether oxygens (including phenoxy) is 1. The second kappa shape index (κ2) is 10.4. The van der Waals surface area contributed by atoms with Gasteiger partial charge in [-0.05, 0) is 49.0 Å². The molecule has 2 aromatic heterocycles. The number of aryl methyl sites for hydroxylation is 1. The largest absolute Gasteiger partial charge is 0.621 e. The zero-order valence-electron chi connectivity index (χ0n) is 20.5. The molecule has 2 N–H and O–H groups in total. The summed E-state index contributed by atoms with van der Waals surface area (Å²) in [7, 11) is 0. The van der Waals surface area contributed by atoms with E-state index in [4.69, 9.17) is 14.6 Å². The Kier molecular flexibility index (Phi) is 7.03. The van der Waals surface area contributed by atoms with Gasteiger partial charge < -0.3 is 24.0 Å². The van der Waals surface area contributed by atoms with Crippen molar-refractivity contribution in [2.45, 2.75) is 38.8 Å². The molecule has 0 radical (unpaired) electrons. The number of nitrogens with one attached hydrogen (secondary N) is 1. The molecule has 10 nitrogen and oxygen atoms in total. The van der Waals surface area contributed by atoms with Gasteiger partial charge in [0.25, 0.3) is 6.47 Å². The van der Waals surface area contributed by atoms with E-state index in [9.17, 15) is 5.26 Å². The number of hydrogen-bond donors (Lipinski definition) is 2. The molecule has 2 bridgehead atoms. The van der Waals surface area contributed by atoms with Crippen molar-refractivity contribution < 1.29 is 19.0 Å². The van der Waals surface area contributed by atoms with E-state index < -0.39 is 20.2 Å². The monoisotopic (exact) mass is 517 g/mol. The first-order valence-electron chi connectivity index (χ1n) is 12.1. The Hall–Kier alpha value is -3.64. The lowest BCUT2D eigenvalue weighted by atomic mass is 9.98. The van der Waals surface area contributed by atoms with Crippen LogP contribution in [0.5, 0.6) is 6.01 Å². The highest BCUT2D eigenvalue weighted by Gasteiger charge is 2.35. The molecule has 188 valence electrons. The summed E-state index contributed by atoms with van der Waals surface area (Å²) < 4.78 is 27.1. The maximum Gasteiger partial charge on any atom is 0.621 e. The van der Waals surface area contributed by atoms with Crippen LogP contribution in [-0.4, -0.2) is 78.9 Å². The van der Waals surface area contributed by atoms with Crippen molar-refractivity contribution in [1.82, 2.24) is 20.3 Å². The van der Waals surface area contributed by atoms with E-state index in [2.05, 4.69) is 34.1 Å². The minimum atomic E-state index is -2.08. The third-order valence-corrected chi connectivity index (χ3v) is 8.71. The molecule has 2 saturated heterocycles. The number of carbonyl (C=O) groups is 1. The molecule has 2 unspecified atom stereocenters. The van der Waals surface area contributed by atoms with Crippen molar-refractivity contribution in [3.8, 4) is 22.2 Å². The summed E-state index contributed by atoms with van der Waals surface area (Å²) in [5.41, 5.74) is 2.76. The van der Waals surface area contributed by atoms with Crippen molar-refractivity contribution in [3.05, 3.63) is 35.3 Å². The van der Waals surface area contributed by atoms with Crippen LogP contribution in [0.4, 0.5) is 10.2 Å². The van der Waals surface area contributed by atoms with Gasteiger partial charge >= 0.3 is 20.4 Å². The molecule has 2 atom stereocenters. The molecule has 5 heterocycles. The predicted molar refractivity (Wildman–Crippen MR) is 138 cm³/mol. The van der Waals surface area contributed by atoms with Crippen molar-refractivity contribution in [1.29, 1.82) is 5.26 Å². The fraction of sp³-hybridized carbons (Fsp3) is 0.360. The summed E-state index contributed by atoms with van der Waals surface area (Å²) in [5.74, 6) is 0.158. The van der Waals surface area contributed by atoms with Gasteiger partial charge in [-0.15, -0.1) is 0 Å². The Bertz CT molecular complexity index is 1430. The zero-order valence-corrected chi connectivity index (χ0v) is 21.6. The fourth-order valence-electron chi connectivity index (χ4n) is 5.37. The number of rotatable bonds is 4. The lowest BCUT2D eigenvalue weighted by Gasteiger charge is -2.34. The highest BCUT2D eigenvalue weighted by atomic mass is 27.2. The normalized spacial score (nSPS) is 19.3. The maximum absolute atomic E-state index is 16.2. The van der Waals surface area contributed by atoms with E-state index in [0.717, 1.165) is 41.5 Å². The van der Waals surface area contributed by atoms with Gasteiger partial charge in [0.1, 0.15) is 17.0 Å². The van der Waals surface area contributed by atoms with Crippen molar-refractivity contribution in [3.63, 3.8) is 0 Å². The lowest BCUT2D eigenvalue weighted by Crippen LogP contribution is -2.51. The van der Waals surface area contributed by atoms with Crippen LogP contribution in [0.15, 0.2) is 22.3 Å². The number of nitrogens with zero attached hydrogens (tertiary/aromatic N) is 6. The number of halogens is 1. The number of anilines is 1. The average molecular weight is 518 g/mol. The minimum absolute atomic E-state index is 0.167. The van der Waals surface area contributed by atoms with Gasteiger partial charge in [-0.2, -0.15) is 9.97 Å². The zero-order chi connectivity index (χ0) is 26.1.